The summed E-state index contributed by atoms with van der Waals surface area (Å²) in [6.45, 7) is 1.04. The van der Waals surface area contributed by atoms with E-state index in [4.69, 9.17) is 9.47 Å². The van der Waals surface area contributed by atoms with Gasteiger partial charge >= 0.3 is 6.18 Å². The minimum absolute atomic E-state index is 0.00743. The minimum atomic E-state index is -4.46. The predicted molar refractivity (Wildman–Crippen MR) is 143 cm³/mol. The van der Waals surface area contributed by atoms with Crippen LogP contribution < -0.4 is 15.4 Å². The Labute approximate surface area is 227 Å². The molecule has 1 fully saturated rings. The van der Waals surface area contributed by atoms with Gasteiger partial charge in [0.15, 0.2) is 0 Å². The number of aliphatic hydroxyl groups is 1. The van der Waals surface area contributed by atoms with Crippen molar-refractivity contribution in [2.75, 3.05) is 23.8 Å². The van der Waals surface area contributed by atoms with Crippen LogP contribution in [0, 0.1) is 0 Å². The molecule has 2 aliphatic rings. The highest BCUT2D eigenvalue weighted by atomic mass is 19.4. The minimum Gasteiger partial charge on any atom is -0.486 e. The van der Waals surface area contributed by atoms with Crippen molar-refractivity contribution in [1.82, 2.24) is 0 Å². The highest BCUT2D eigenvalue weighted by molar-refractivity contribution is 6.03. The second-order valence-corrected chi connectivity index (χ2v) is 9.35. The van der Waals surface area contributed by atoms with Crippen LogP contribution >= 0.6 is 0 Å². The molecular formula is C30H25F3N2O5. The monoisotopic (exact) mass is 550 g/mol. The summed E-state index contributed by atoms with van der Waals surface area (Å²) in [5.74, 6) is -0.325. The van der Waals surface area contributed by atoms with Gasteiger partial charge in [0.05, 0.1) is 18.8 Å². The summed E-state index contributed by atoms with van der Waals surface area (Å²) in [7, 11) is 0. The molecule has 1 unspecified atom stereocenters. The summed E-state index contributed by atoms with van der Waals surface area (Å²) in [6.07, 6.45) is -1.18. The van der Waals surface area contributed by atoms with E-state index in [1.807, 2.05) is 0 Å². The van der Waals surface area contributed by atoms with Crippen LogP contribution in [-0.2, 0) is 26.9 Å². The van der Waals surface area contributed by atoms with Gasteiger partial charge in [-0.3, -0.25) is 9.59 Å². The third-order valence-electron chi connectivity index (χ3n) is 6.50. The van der Waals surface area contributed by atoms with Crippen molar-refractivity contribution in [3.8, 4) is 5.75 Å². The number of allylic oxidation sites excluding steroid dienone is 2. The number of fused-ring (bicyclic) bond motifs is 1. The van der Waals surface area contributed by atoms with Crippen molar-refractivity contribution in [1.29, 1.82) is 0 Å². The molecule has 10 heteroatoms. The Hall–Kier alpha value is -4.41. The zero-order chi connectivity index (χ0) is 28.3. The van der Waals surface area contributed by atoms with Gasteiger partial charge in [-0.1, -0.05) is 42.5 Å². The first-order valence-electron chi connectivity index (χ1n) is 12.5. The standard InChI is InChI=1S/C30H25F3N2O5/c31-30(32,33)20-11-7-18(8-12-20)23(19-9-13-21(14-10-19)40-22-16-39-17-22)3-1-6-28(37)34-25-4-2-5-26-24(25)15-27(36)29(38)35-26/h1-14,22,27,36H,15-17H2,(H,34,37)(H,35,38)/b6-1+,23-3-. The van der Waals surface area contributed by atoms with E-state index in [1.54, 1.807) is 48.5 Å². The molecule has 3 N–H and O–H groups in total. The van der Waals surface area contributed by atoms with Crippen molar-refractivity contribution in [3.05, 3.63) is 107 Å². The van der Waals surface area contributed by atoms with Crippen LogP contribution in [0.2, 0.25) is 0 Å². The van der Waals surface area contributed by atoms with Crippen LogP contribution in [0.4, 0.5) is 24.5 Å². The van der Waals surface area contributed by atoms with Gasteiger partial charge in [-0.25, -0.2) is 0 Å². The van der Waals surface area contributed by atoms with Crippen molar-refractivity contribution in [2.45, 2.75) is 24.8 Å². The fourth-order valence-corrected chi connectivity index (χ4v) is 4.33. The summed E-state index contributed by atoms with van der Waals surface area (Å²) >= 11 is 0. The van der Waals surface area contributed by atoms with E-state index >= 15 is 0 Å². The van der Waals surface area contributed by atoms with Crippen LogP contribution in [0.3, 0.4) is 0 Å². The largest absolute Gasteiger partial charge is 0.486 e. The molecule has 0 aromatic heterocycles. The number of benzene rings is 3. The Morgan fingerprint density at radius 2 is 1.70 bits per heavy atom. The average Bonchev–Trinajstić information content (AvgIpc) is 2.90. The molecule has 2 aliphatic heterocycles. The highest BCUT2D eigenvalue weighted by Gasteiger charge is 2.30. The number of nitrogens with one attached hydrogen (secondary N) is 2. The molecule has 0 saturated carbocycles. The maximum atomic E-state index is 13.1. The number of alkyl halides is 3. The molecule has 40 heavy (non-hydrogen) atoms. The van der Waals surface area contributed by atoms with E-state index in [-0.39, 0.29) is 12.5 Å². The summed E-state index contributed by atoms with van der Waals surface area (Å²) in [5, 5.41) is 15.3. The Bertz CT molecular complexity index is 1460. The van der Waals surface area contributed by atoms with Gasteiger partial charge in [0, 0.05) is 29.4 Å². The van der Waals surface area contributed by atoms with E-state index in [0.717, 1.165) is 12.1 Å². The lowest BCUT2D eigenvalue weighted by molar-refractivity contribution is -0.137. The van der Waals surface area contributed by atoms with Crippen LogP contribution in [0.1, 0.15) is 22.3 Å². The number of hydrogen-bond donors (Lipinski definition) is 3. The van der Waals surface area contributed by atoms with Gasteiger partial charge in [-0.15, -0.1) is 0 Å². The SMILES string of the molecule is O=C(/C=C/C=C(\c1ccc(OC2COC2)cc1)c1ccc(C(F)(F)F)cc1)Nc1cccc2c1CC(O)C(=O)N2. The summed E-state index contributed by atoms with van der Waals surface area (Å²) < 4.78 is 50.3. The van der Waals surface area contributed by atoms with E-state index in [1.165, 1.54) is 24.3 Å². The normalized spacial score (nSPS) is 17.6. The van der Waals surface area contributed by atoms with Gasteiger partial charge < -0.3 is 25.2 Å². The molecule has 0 aliphatic carbocycles. The highest BCUT2D eigenvalue weighted by Crippen LogP contribution is 2.32. The number of halogens is 3. The van der Waals surface area contributed by atoms with Gasteiger partial charge in [-0.05, 0) is 53.1 Å². The smallest absolute Gasteiger partial charge is 0.416 e. The lowest BCUT2D eigenvalue weighted by Gasteiger charge is -2.26. The molecule has 1 atom stereocenters. The second-order valence-electron chi connectivity index (χ2n) is 9.35. The van der Waals surface area contributed by atoms with Crippen molar-refractivity contribution in [2.24, 2.45) is 0 Å². The van der Waals surface area contributed by atoms with Crippen LogP contribution in [0.25, 0.3) is 5.57 Å². The van der Waals surface area contributed by atoms with Gasteiger partial charge in [0.25, 0.3) is 5.91 Å². The fraction of sp³-hybridized carbons (Fsp3) is 0.200. The quantitative estimate of drug-likeness (QED) is 0.285. The fourth-order valence-electron chi connectivity index (χ4n) is 4.33. The van der Waals surface area contributed by atoms with Gasteiger partial charge in [0.2, 0.25) is 5.91 Å². The molecule has 206 valence electrons. The van der Waals surface area contributed by atoms with Crippen LogP contribution in [0.15, 0.2) is 85.0 Å². The molecule has 2 heterocycles. The summed E-state index contributed by atoms with van der Waals surface area (Å²) in [4.78, 5) is 24.5. The summed E-state index contributed by atoms with van der Waals surface area (Å²) in [6, 6.07) is 16.9. The number of carbonyl (C=O) groups excluding carboxylic acids is 2. The average molecular weight is 551 g/mol. The molecule has 5 rings (SSSR count). The van der Waals surface area contributed by atoms with E-state index < -0.39 is 29.7 Å². The number of ether oxygens (including phenoxy) is 2. The number of carbonyl (C=O) groups is 2. The first-order valence-corrected chi connectivity index (χ1v) is 12.5. The lowest BCUT2D eigenvalue weighted by Crippen LogP contribution is -2.38. The van der Waals surface area contributed by atoms with Crippen molar-refractivity contribution < 1.29 is 37.3 Å². The predicted octanol–water partition coefficient (Wildman–Crippen LogP) is 4.97. The number of amides is 2. The van der Waals surface area contributed by atoms with Gasteiger partial charge in [0.1, 0.15) is 18.0 Å². The Balaban J connectivity index is 1.37. The third-order valence-corrected chi connectivity index (χ3v) is 6.50. The van der Waals surface area contributed by atoms with E-state index in [2.05, 4.69) is 10.6 Å². The molecular weight excluding hydrogens is 525 g/mol. The molecule has 2 amide bonds. The maximum Gasteiger partial charge on any atom is 0.416 e. The molecule has 7 nitrogen and oxygen atoms in total. The van der Waals surface area contributed by atoms with Crippen LogP contribution in [0.5, 0.6) is 5.75 Å². The van der Waals surface area contributed by atoms with E-state index in [0.29, 0.717) is 52.6 Å². The number of anilines is 2. The topological polar surface area (TPSA) is 96.9 Å². The first-order chi connectivity index (χ1) is 19.2. The van der Waals surface area contributed by atoms with Crippen molar-refractivity contribution in [3.63, 3.8) is 0 Å². The first kappa shape index (κ1) is 27.2. The number of aliphatic hydroxyl groups excluding tert-OH is 1. The lowest BCUT2D eigenvalue weighted by atomic mass is 9.96. The number of rotatable bonds is 7. The molecule has 0 bridgehead atoms. The van der Waals surface area contributed by atoms with Crippen molar-refractivity contribution >= 4 is 28.8 Å². The van der Waals surface area contributed by atoms with Crippen LogP contribution in [-0.4, -0.2) is 42.3 Å². The second kappa shape index (κ2) is 11.4. The molecule has 0 radical (unpaired) electrons. The number of hydrogen-bond acceptors (Lipinski definition) is 5. The zero-order valence-electron chi connectivity index (χ0n) is 21.1. The molecule has 3 aromatic carbocycles. The van der Waals surface area contributed by atoms with Gasteiger partial charge in [-0.2, -0.15) is 13.2 Å². The summed E-state index contributed by atoms with van der Waals surface area (Å²) in [5.41, 5.74) is 2.64. The Morgan fingerprint density at radius 3 is 2.33 bits per heavy atom. The van der Waals surface area contributed by atoms with E-state index in [9.17, 15) is 27.9 Å². The Kier molecular flexibility index (Phi) is 7.72. The molecule has 1 saturated heterocycles. The molecule has 3 aromatic rings. The Morgan fingerprint density at radius 1 is 1.02 bits per heavy atom. The zero-order valence-corrected chi connectivity index (χ0v) is 21.1. The third kappa shape index (κ3) is 6.24. The molecule has 0 spiro atoms. The maximum absolute atomic E-state index is 13.1.